The second-order valence-electron chi connectivity index (χ2n) is 4.42. The molecule has 0 fully saturated rings. The number of rotatable bonds is 7. The van der Waals surface area contributed by atoms with Gasteiger partial charge >= 0.3 is 0 Å². The third-order valence-corrected chi connectivity index (χ3v) is 2.75. The fourth-order valence-corrected chi connectivity index (χ4v) is 1.52. The summed E-state index contributed by atoms with van der Waals surface area (Å²) >= 11 is 0. The number of hydrogen-bond donors (Lipinski definition) is 2. The van der Waals surface area contributed by atoms with Crippen molar-refractivity contribution in [1.29, 1.82) is 0 Å². The van der Waals surface area contributed by atoms with Crippen LogP contribution in [0.15, 0.2) is 4.52 Å². The largest absolute Gasteiger partial charge is 0.340 e. The van der Waals surface area contributed by atoms with Gasteiger partial charge in [0, 0.05) is 19.9 Å². The summed E-state index contributed by atoms with van der Waals surface area (Å²) in [5, 5.41) is 7.21. The highest BCUT2D eigenvalue weighted by atomic mass is 16.5. The van der Waals surface area contributed by atoms with E-state index in [0.717, 1.165) is 31.9 Å². The molecule has 1 unspecified atom stereocenters. The molecule has 0 spiro atoms. The van der Waals surface area contributed by atoms with Gasteiger partial charge in [-0.15, -0.1) is 0 Å². The van der Waals surface area contributed by atoms with Gasteiger partial charge < -0.3 is 15.6 Å². The van der Waals surface area contributed by atoms with Crippen molar-refractivity contribution in [3.8, 4) is 0 Å². The lowest BCUT2D eigenvalue weighted by atomic mass is 9.96. The van der Waals surface area contributed by atoms with Crippen molar-refractivity contribution in [3.05, 3.63) is 11.7 Å². The molecule has 1 aromatic rings. The lowest BCUT2D eigenvalue weighted by Gasteiger charge is -2.18. The van der Waals surface area contributed by atoms with Gasteiger partial charge in [0.05, 0.1) is 0 Å². The molecule has 16 heavy (non-hydrogen) atoms. The normalized spacial score (nSPS) is 13.3. The maximum absolute atomic E-state index is 5.69. The van der Waals surface area contributed by atoms with Gasteiger partial charge in [-0.2, -0.15) is 4.98 Å². The average Bonchev–Trinajstić information content (AvgIpc) is 2.64. The lowest BCUT2D eigenvalue weighted by molar-refractivity contribution is 0.369. The van der Waals surface area contributed by atoms with Crippen LogP contribution in [0.2, 0.25) is 0 Å². The van der Waals surface area contributed by atoms with Gasteiger partial charge in [-0.3, -0.25) is 0 Å². The summed E-state index contributed by atoms with van der Waals surface area (Å²) in [6.45, 7) is 8.73. The molecule has 1 heterocycles. The molecule has 0 bridgehead atoms. The summed E-state index contributed by atoms with van der Waals surface area (Å²) in [5.74, 6) is 2.53. The van der Waals surface area contributed by atoms with E-state index < -0.39 is 0 Å². The monoisotopic (exact) mass is 226 g/mol. The van der Waals surface area contributed by atoms with Crippen molar-refractivity contribution < 1.29 is 4.52 Å². The Balaban J connectivity index is 2.16. The number of nitrogens with zero attached hydrogens (tertiary/aromatic N) is 2. The molecule has 5 heteroatoms. The molecular formula is C11H22N4O. The first-order valence-electron chi connectivity index (χ1n) is 5.83. The first kappa shape index (κ1) is 13.1. The van der Waals surface area contributed by atoms with E-state index in [-0.39, 0.29) is 0 Å². The molecule has 0 radical (unpaired) electrons. The summed E-state index contributed by atoms with van der Waals surface area (Å²) in [7, 11) is 0. The molecule has 0 saturated heterocycles. The summed E-state index contributed by atoms with van der Waals surface area (Å²) in [5.41, 5.74) is 5.69. The molecule has 0 aliphatic heterocycles. The van der Waals surface area contributed by atoms with Crippen LogP contribution in [0.3, 0.4) is 0 Å². The Morgan fingerprint density at radius 2 is 2.19 bits per heavy atom. The first-order chi connectivity index (χ1) is 7.63. The molecule has 1 atom stereocenters. The Labute approximate surface area is 96.8 Å². The van der Waals surface area contributed by atoms with Gasteiger partial charge in [-0.05, 0) is 24.9 Å². The van der Waals surface area contributed by atoms with E-state index in [1.807, 2.05) is 0 Å². The second kappa shape index (κ2) is 6.60. The minimum absolute atomic E-state index is 0.534. The van der Waals surface area contributed by atoms with E-state index in [4.69, 9.17) is 10.3 Å². The average molecular weight is 226 g/mol. The second-order valence-corrected chi connectivity index (χ2v) is 4.42. The zero-order valence-electron chi connectivity index (χ0n) is 10.4. The third kappa shape index (κ3) is 4.28. The van der Waals surface area contributed by atoms with Crippen LogP contribution >= 0.6 is 0 Å². The first-order valence-corrected chi connectivity index (χ1v) is 5.83. The van der Waals surface area contributed by atoms with Crippen molar-refractivity contribution in [2.24, 2.45) is 17.6 Å². The molecule has 1 rings (SSSR count). The van der Waals surface area contributed by atoms with E-state index in [2.05, 4.69) is 29.3 Å². The molecule has 0 aliphatic carbocycles. The van der Waals surface area contributed by atoms with E-state index in [1.165, 1.54) is 0 Å². The zero-order valence-corrected chi connectivity index (χ0v) is 10.4. The number of nitrogens with one attached hydrogen (secondary N) is 1. The summed E-state index contributed by atoms with van der Waals surface area (Å²) in [4.78, 5) is 4.14. The van der Waals surface area contributed by atoms with E-state index >= 15 is 0 Å². The van der Waals surface area contributed by atoms with Crippen molar-refractivity contribution in [3.63, 3.8) is 0 Å². The highest BCUT2D eigenvalue weighted by Crippen LogP contribution is 2.07. The van der Waals surface area contributed by atoms with Crippen LogP contribution in [0.4, 0.5) is 0 Å². The van der Waals surface area contributed by atoms with Gasteiger partial charge in [0.1, 0.15) is 0 Å². The maximum Gasteiger partial charge on any atom is 0.223 e. The zero-order chi connectivity index (χ0) is 12.0. The Morgan fingerprint density at radius 1 is 1.44 bits per heavy atom. The maximum atomic E-state index is 5.69. The van der Waals surface area contributed by atoms with Crippen molar-refractivity contribution >= 4 is 0 Å². The van der Waals surface area contributed by atoms with Crippen LogP contribution in [0.25, 0.3) is 0 Å². The highest BCUT2D eigenvalue weighted by Gasteiger charge is 2.10. The molecule has 0 aliphatic rings. The van der Waals surface area contributed by atoms with Crippen molar-refractivity contribution in [2.45, 2.75) is 27.2 Å². The van der Waals surface area contributed by atoms with Gasteiger partial charge in [0.15, 0.2) is 5.82 Å². The van der Waals surface area contributed by atoms with Crippen LogP contribution < -0.4 is 11.1 Å². The van der Waals surface area contributed by atoms with Crippen LogP contribution in [0.1, 0.15) is 25.6 Å². The molecular weight excluding hydrogens is 204 g/mol. The summed E-state index contributed by atoms with van der Waals surface area (Å²) in [6.07, 6.45) is 0.798. The Hall–Kier alpha value is -0.940. The fourth-order valence-electron chi connectivity index (χ4n) is 1.52. The van der Waals surface area contributed by atoms with Crippen LogP contribution in [0, 0.1) is 18.8 Å². The van der Waals surface area contributed by atoms with E-state index in [9.17, 15) is 0 Å². The smallest absolute Gasteiger partial charge is 0.223 e. The minimum atomic E-state index is 0.534. The molecule has 3 N–H and O–H groups in total. The Morgan fingerprint density at radius 3 is 2.69 bits per heavy atom. The highest BCUT2D eigenvalue weighted by molar-refractivity contribution is 4.84. The quantitative estimate of drug-likeness (QED) is 0.671. The number of aromatic nitrogens is 2. The molecule has 5 nitrogen and oxygen atoms in total. The number of aryl methyl sites for hydroxylation is 1. The Kier molecular flexibility index (Phi) is 5.42. The van der Waals surface area contributed by atoms with Crippen LogP contribution in [-0.2, 0) is 6.42 Å². The molecule has 1 aromatic heterocycles. The van der Waals surface area contributed by atoms with E-state index in [1.54, 1.807) is 6.92 Å². The number of nitrogens with two attached hydrogens (primary N) is 1. The number of hydrogen-bond acceptors (Lipinski definition) is 5. The SMILES string of the molecule is Cc1nc(CCNCC(CN)C(C)C)no1. The lowest BCUT2D eigenvalue weighted by Crippen LogP contribution is -2.32. The van der Waals surface area contributed by atoms with Gasteiger partial charge in [0.2, 0.25) is 5.89 Å². The predicted molar refractivity (Wildman–Crippen MR) is 63.0 cm³/mol. The molecule has 0 aromatic carbocycles. The van der Waals surface area contributed by atoms with Gasteiger partial charge in [-0.25, -0.2) is 0 Å². The predicted octanol–water partition coefficient (Wildman–Crippen LogP) is 0.741. The summed E-state index contributed by atoms with van der Waals surface area (Å²) in [6, 6.07) is 0. The van der Waals surface area contributed by atoms with Gasteiger partial charge in [0.25, 0.3) is 0 Å². The van der Waals surface area contributed by atoms with Crippen LogP contribution in [0.5, 0.6) is 0 Å². The molecule has 92 valence electrons. The Bertz CT molecular complexity index is 298. The minimum Gasteiger partial charge on any atom is -0.340 e. The standard InChI is InChI=1S/C11H22N4O/c1-8(2)10(6-12)7-13-5-4-11-14-9(3)16-15-11/h8,10,13H,4-7,12H2,1-3H3. The fraction of sp³-hybridized carbons (Fsp3) is 0.818. The summed E-state index contributed by atoms with van der Waals surface area (Å²) < 4.78 is 4.89. The van der Waals surface area contributed by atoms with Crippen LogP contribution in [-0.4, -0.2) is 29.8 Å². The topological polar surface area (TPSA) is 77.0 Å². The van der Waals surface area contributed by atoms with Gasteiger partial charge in [-0.1, -0.05) is 19.0 Å². The van der Waals surface area contributed by atoms with E-state index in [0.29, 0.717) is 17.7 Å². The third-order valence-electron chi connectivity index (χ3n) is 2.75. The molecule has 0 saturated carbocycles. The van der Waals surface area contributed by atoms with Crippen molar-refractivity contribution in [2.75, 3.05) is 19.6 Å². The van der Waals surface area contributed by atoms with Crippen molar-refractivity contribution in [1.82, 2.24) is 15.5 Å². The molecule has 0 amide bonds.